The van der Waals surface area contributed by atoms with Crippen molar-refractivity contribution in [2.24, 2.45) is 0 Å². The average Bonchev–Trinajstić information content (AvgIpc) is 2.79. The second kappa shape index (κ2) is 10.3. The van der Waals surface area contributed by atoms with Crippen LogP contribution in [0.4, 0.5) is 0 Å². The summed E-state index contributed by atoms with van der Waals surface area (Å²) in [6, 6.07) is 23.1. The van der Waals surface area contributed by atoms with Crippen LogP contribution in [-0.2, 0) is 17.9 Å². The van der Waals surface area contributed by atoms with Gasteiger partial charge in [-0.15, -0.1) is 0 Å². The van der Waals surface area contributed by atoms with E-state index in [0.29, 0.717) is 18.8 Å². The Morgan fingerprint density at radius 2 is 1.13 bits per heavy atom. The predicted molar refractivity (Wildman–Crippen MR) is 117 cm³/mol. The van der Waals surface area contributed by atoms with Gasteiger partial charge >= 0.3 is 0 Å². The van der Waals surface area contributed by atoms with Crippen LogP contribution < -0.4 is 14.2 Å². The molecule has 1 amide bonds. The highest BCUT2D eigenvalue weighted by Crippen LogP contribution is 2.18. The minimum atomic E-state index is -0.0813. The molecule has 3 rings (SSSR count). The number of benzene rings is 3. The van der Waals surface area contributed by atoms with Crippen molar-refractivity contribution >= 4 is 5.91 Å². The van der Waals surface area contributed by atoms with Crippen molar-refractivity contribution in [2.45, 2.75) is 20.0 Å². The van der Waals surface area contributed by atoms with Gasteiger partial charge in [-0.2, -0.15) is 0 Å². The third-order valence-corrected chi connectivity index (χ3v) is 4.80. The van der Waals surface area contributed by atoms with Gasteiger partial charge in [-0.05, 0) is 54.4 Å². The molecule has 0 aliphatic rings. The average molecular weight is 405 g/mol. The molecule has 0 aliphatic carbocycles. The molecule has 3 aromatic rings. The number of ether oxygens (including phenoxy) is 3. The van der Waals surface area contributed by atoms with Gasteiger partial charge in [-0.1, -0.05) is 42.0 Å². The van der Waals surface area contributed by atoms with Crippen molar-refractivity contribution in [2.75, 3.05) is 20.8 Å². The highest BCUT2D eigenvalue weighted by Gasteiger charge is 2.16. The first-order valence-electron chi connectivity index (χ1n) is 9.80. The van der Waals surface area contributed by atoms with E-state index in [1.54, 1.807) is 19.1 Å². The minimum absolute atomic E-state index is 0.0185. The van der Waals surface area contributed by atoms with Gasteiger partial charge in [-0.25, -0.2) is 0 Å². The molecule has 0 heterocycles. The number of rotatable bonds is 9. The summed E-state index contributed by atoms with van der Waals surface area (Å²) < 4.78 is 16.2. The predicted octanol–water partition coefficient (Wildman–Crippen LogP) is 4.62. The number of nitrogens with zero attached hydrogens (tertiary/aromatic N) is 1. The van der Waals surface area contributed by atoms with Crippen LogP contribution in [0.1, 0.15) is 16.7 Å². The lowest BCUT2D eigenvalue weighted by Gasteiger charge is -2.23. The maximum absolute atomic E-state index is 13.0. The number of carbonyl (C=O) groups excluding carboxylic acids is 1. The lowest BCUT2D eigenvalue weighted by atomic mass is 10.1. The van der Waals surface area contributed by atoms with Crippen molar-refractivity contribution in [3.05, 3.63) is 89.5 Å². The quantitative estimate of drug-likeness (QED) is 0.521. The lowest BCUT2D eigenvalue weighted by Crippen LogP contribution is -2.34. The van der Waals surface area contributed by atoms with E-state index >= 15 is 0 Å². The highest BCUT2D eigenvalue weighted by atomic mass is 16.5. The first kappa shape index (κ1) is 21.2. The van der Waals surface area contributed by atoms with E-state index in [-0.39, 0.29) is 12.5 Å². The smallest absolute Gasteiger partial charge is 0.261 e. The molecule has 0 radical (unpaired) electrons. The molecule has 5 heteroatoms. The molecule has 3 aromatic carbocycles. The van der Waals surface area contributed by atoms with Crippen LogP contribution in [0.5, 0.6) is 17.2 Å². The van der Waals surface area contributed by atoms with Gasteiger partial charge in [0.1, 0.15) is 17.2 Å². The van der Waals surface area contributed by atoms with Gasteiger partial charge in [0.2, 0.25) is 0 Å². The molecule has 0 atom stereocenters. The van der Waals surface area contributed by atoms with Gasteiger partial charge in [0.05, 0.1) is 14.2 Å². The molecule has 0 unspecified atom stereocenters. The van der Waals surface area contributed by atoms with Crippen LogP contribution in [0.2, 0.25) is 0 Å². The van der Waals surface area contributed by atoms with Crippen molar-refractivity contribution < 1.29 is 19.0 Å². The third kappa shape index (κ3) is 6.01. The van der Waals surface area contributed by atoms with Gasteiger partial charge < -0.3 is 19.1 Å². The highest BCUT2D eigenvalue weighted by molar-refractivity contribution is 5.77. The monoisotopic (exact) mass is 405 g/mol. The van der Waals surface area contributed by atoms with E-state index in [2.05, 4.69) is 0 Å². The summed E-state index contributed by atoms with van der Waals surface area (Å²) >= 11 is 0. The molecule has 0 aromatic heterocycles. The Labute approximate surface area is 177 Å². The number of hydrogen-bond acceptors (Lipinski definition) is 4. The van der Waals surface area contributed by atoms with Gasteiger partial charge in [-0.3, -0.25) is 4.79 Å². The zero-order chi connectivity index (χ0) is 21.3. The van der Waals surface area contributed by atoms with E-state index in [1.165, 1.54) is 0 Å². The summed E-state index contributed by atoms with van der Waals surface area (Å²) in [5, 5.41) is 0. The van der Waals surface area contributed by atoms with E-state index < -0.39 is 0 Å². The molecule has 0 aliphatic heterocycles. The molecule has 30 heavy (non-hydrogen) atoms. The molecule has 0 bridgehead atoms. The van der Waals surface area contributed by atoms with Gasteiger partial charge in [0, 0.05) is 13.1 Å². The van der Waals surface area contributed by atoms with Crippen LogP contribution in [-0.4, -0.2) is 31.6 Å². The zero-order valence-electron chi connectivity index (χ0n) is 17.6. The fourth-order valence-electron chi connectivity index (χ4n) is 3.01. The second-order valence-corrected chi connectivity index (χ2v) is 7.05. The molecular formula is C25H27NO4. The Bertz CT molecular complexity index is 885. The number of methoxy groups -OCH3 is 2. The topological polar surface area (TPSA) is 48.0 Å². The normalized spacial score (nSPS) is 10.4. The molecule has 5 nitrogen and oxygen atoms in total. The Hall–Kier alpha value is -3.47. The molecule has 0 saturated carbocycles. The lowest BCUT2D eigenvalue weighted by molar-refractivity contribution is -0.134. The Morgan fingerprint density at radius 3 is 1.57 bits per heavy atom. The summed E-state index contributed by atoms with van der Waals surface area (Å²) in [5.74, 6) is 2.17. The Morgan fingerprint density at radius 1 is 0.700 bits per heavy atom. The summed E-state index contributed by atoms with van der Waals surface area (Å²) in [7, 11) is 3.27. The van der Waals surface area contributed by atoms with Crippen molar-refractivity contribution in [3.63, 3.8) is 0 Å². The van der Waals surface area contributed by atoms with Crippen LogP contribution in [0.25, 0.3) is 0 Å². The SMILES string of the molecule is COc1ccc(CN(Cc2ccc(OC)cc2)C(=O)COc2ccc(C)cc2)cc1. The maximum Gasteiger partial charge on any atom is 0.261 e. The zero-order valence-corrected chi connectivity index (χ0v) is 17.6. The molecule has 0 saturated heterocycles. The number of aryl methyl sites for hydroxylation is 1. The van der Waals surface area contributed by atoms with Crippen LogP contribution >= 0.6 is 0 Å². The third-order valence-electron chi connectivity index (χ3n) is 4.80. The second-order valence-electron chi connectivity index (χ2n) is 7.05. The molecule has 156 valence electrons. The van der Waals surface area contributed by atoms with Crippen molar-refractivity contribution in [1.82, 2.24) is 4.90 Å². The van der Waals surface area contributed by atoms with Gasteiger partial charge in [0.15, 0.2) is 6.61 Å². The summed E-state index contributed by atoms with van der Waals surface area (Å²) in [6.45, 7) is 2.95. The van der Waals surface area contributed by atoms with Crippen molar-refractivity contribution in [1.29, 1.82) is 0 Å². The first-order valence-corrected chi connectivity index (χ1v) is 9.80. The van der Waals surface area contributed by atoms with Crippen LogP contribution in [0.15, 0.2) is 72.8 Å². The van der Waals surface area contributed by atoms with E-state index in [1.807, 2.05) is 79.7 Å². The van der Waals surface area contributed by atoms with E-state index in [0.717, 1.165) is 28.2 Å². The van der Waals surface area contributed by atoms with Crippen LogP contribution in [0.3, 0.4) is 0 Å². The minimum Gasteiger partial charge on any atom is -0.497 e. The Kier molecular flexibility index (Phi) is 7.33. The largest absolute Gasteiger partial charge is 0.497 e. The fraction of sp³-hybridized carbons (Fsp3) is 0.240. The van der Waals surface area contributed by atoms with Gasteiger partial charge in [0.25, 0.3) is 5.91 Å². The number of amides is 1. The standard InChI is InChI=1S/C25H27NO4/c1-19-4-10-24(11-5-19)30-18-25(27)26(16-20-6-12-22(28-2)13-7-20)17-21-8-14-23(29-3)15-9-21/h4-15H,16-18H2,1-3H3. The van der Waals surface area contributed by atoms with Crippen molar-refractivity contribution in [3.8, 4) is 17.2 Å². The van der Waals surface area contributed by atoms with Crippen LogP contribution in [0, 0.1) is 6.92 Å². The number of hydrogen-bond donors (Lipinski definition) is 0. The first-order chi connectivity index (χ1) is 14.6. The summed E-state index contributed by atoms with van der Waals surface area (Å²) in [4.78, 5) is 14.8. The Balaban J connectivity index is 1.72. The fourth-order valence-corrected chi connectivity index (χ4v) is 3.01. The number of carbonyl (C=O) groups is 1. The van der Waals surface area contributed by atoms with E-state index in [9.17, 15) is 4.79 Å². The van der Waals surface area contributed by atoms with E-state index in [4.69, 9.17) is 14.2 Å². The molecule has 0 N–H and O–H groups in total. The molecular weight excluding hydrogens is 378 g/mol. The molecule has 0 spiro atoms. The summed E-state index contributed by atoms with van der Waals surface area (Å²) in [5.41, 5.74) is 3.19. The molecule has 0 fully saturated rings. The summed E-state index contributed by atoms with van der Waals surface area (Å²) in [6.07, 6.45) is 0. The maximum atomic E-state index is 13.0.